The van der Waals surface area contributed by atoms with Gasteiger partial charge in [0.1, 0.15) is 11.5 Å². The second-order valence-electron chi connectivity index (χ2n) is 3.62. The zero-order valence-corrected chi connectivity index (χ0v) is 9.95. The molecule has 17 heavy (non-hydrogen) atoms. The van der Waals surface area contributed by atoms with Crippen LogP contribution < -0.4 is 5.32 Å². The fourth-order valence-corrected chi connectivity index (χ4v) is 1.15. The number of carbonyl (C=O) groups is 1. The third-order valence-electron chi connectivity index (χ3n) is 2.07. The van der Waals surface area contributed by atoms with E-state index in [1.165, 1.54) is 6.08 Å². The Bertz CT molecular complexity index is 489. The Morgan fingerprint density at radius 2 is 2.24 bits per heavy atom. The van der Waals surface area contributed by atoms with Gasteiger partial charge in [-0.1, -0.05) is 18.7 Å². The van der Waals surface area contributed by atoms with E-state index >= 15 is 0 Å². The summed E-state index contributed by atoms with van der Waals surface area (Å²) < 4.78 is 0. The van der Waals surface area contributed by atoms with Crippen molar-refractivity contribution in [2.24, 2.45) is 0 Å². The Balaban J connectivity index is 2.73. The molecule has 0 aliphatic heterocycles. The van der Waals surface area contributed by atoms with Gasteiger partial charge in [-0.2, -0.15) is 0 Å². The summed E-state index contributed by atoms with van der Waals surface area (Å²) in [6, 6.07) is 5.32. The molecule has 2 N–H and O–H groups in total. The molecule has 4 heteroatoms. The number of anilines is 1. The van der Waals surface area contributed by atoms with Crippen LogP contribution in [0.25, 0.3) is 0 Å². The highest BCUT2D eigenvalue weighted by atomic mass is 16.1. The van der Waals surface area contributed by atoms with E-state index in [9.17, 15) is 4.79 Å². The van der Waals surface area contributed by atoms with Gasteiger partial charge < -0.3 is 5.32 Å². The van der Waals surface area contributed by atoms with E-state index in [2.05, 4.69) is 16.9 Å². The van der Waals surface area contributed by atoms with Crippen LogP contribution in [-0.4, -0.2) is 16.6 Å². The maximum Gasteiger partial charge on any atom is 0.274 e. The van der Waals surface area contributed by atoms with Gasteiger partial charge in [-0.25, -0.2) is 4.98 Å². The molecule has 0 fully saturated rings. The van der Waals surface area contributed by atoms with Gasteiger partial charge in [0, 0.05) is 5.69 Å². The van der Waals surface area contributed by atoms with Crippen LogP contribution in [0.3, 0.4) is 0 Å². The van der Waals surface area contributed by atoms with E-state index in [0.29, 0.717) is 5.82 Å². The minimum absolute atomic E-state index is 0.120. The van der Waals surface area contributed by atoms with Crippen LogP contribution >= 0.6 is 0 Å². The van der Waals surface area contributed by atoms with Crippen LogP contribution in [-0.2, 0) is 4.79 Å². The number of carbonyl (C=O) groups excluding carboxylic acids is 1. The summed E-state index contributed by atoms with van der Waals surface area (Å²) in [6.45, 7) is 7.17. The van der Waals surface area contributed by atoms with Gasteiger partial charge in [0.2, 0.25) is 0 Å². The zero-order valence-electron chi connectivity index (χ0n) is 9.95. The first-order valence-corrected chi connectivity index (χ1v) is 5.17. The van der Waals surface area contributed by atoms with Crippen molar-refractivity contribution in [3.05, 3.63) is 48.2 Å². The van der Waals surface area contributed by atoms with Crippen molar-refractivity contribution < 1.29 is 4.79 Å². The van der Waals surface area contributed by atoms with Gasteiger partial charge in [0.15, 0.2) is 0 Å². The van der Waals surface area contributed by atoms with Crippen molar-refractivity contribution in [3.63, 3.8) is 0 Å². The minimum Gasteiger partial charge on any atom is -0.305 e. The van der Waals surface area contributed by atoms with Gasteiger partial charge in [0.05, 0.1) is 0 Å². The number of rotatable bonds is 4. The normalized spacial score (nSPS) is 10.8. The summed E-state index contributed by atoms with van der Waals surface area (Å²) in [5.41, 5.74) is 1.46. The van der Waals surface area contributed by atoms with E-state index in [0.717, 1.165) is 11.3 Å². The predicted molar refractivity (Wildman–Crippen MR) is 69.3 cm³/mol. The summed E-state index contributed by atoms with van der Waals surface area (Å²) in [5, 5.41) is 10.1. The molecule has 0 radical (unpaired) electrons. The highest BCUT2D eigenvalue weighted by Crippen LogP contribution is 2.04. The van der Waals surface area contributed by atoms with Gasteiger partial charge >= 0.3 is 0 Å². The SMILES string of the molecule is C=C/C(C)=C\C(=N)C(=O)Nc1cccc(C)n1. The first-order chi connectivity index (χ1) is 8.02. The molecule has 0 atom stereocenters. The highest BCUT2D eigenvalue weighted by Gasteiger charge is 2.07. The van der Waals surface area contributed by atoms with Crippen molar-refractivity contribution in [1.82, 2.24) is 4.98 Å². The predicted octanol–water partition coefficient (Wildman–Crippen LogP) is 2.48. The molecule has 1 heterocycles. The molecular weight excluding hydrogens is 214 g/mol. The van der Waals surface area contributed by atoms with Crippen LogP contribution in [0.2, 0.25) is 0 Å². The first kappa shape index (κ1) is 12.8. The van der Waals surface area contributed by atoms with Crippen LogP contribution in [0.4, 0.5) is 5.82 Å². The van der Waals surface area contributed by atoms with Crippen molar-refractivity contribution in [3.8, 4) is 0 Å². The molecule has 0 spiro atoms. The van der Waals surface area contributed by atoms with Gasteiger partial charge in [0.25, 0.3) is 5.91 Å². The Kier molecular flexibility index (Phi) is 4.34. The molecule has 1 aromatic rings. The smallest absolute Gasteiger partial charge is 0.274 e. The number of pyridine rings is 1. The van der Waals surface area contributed by atoms with E-state index in [4.69, 9.17) is 5.41 Å². The maximum absolute atomic E-state index is 11.6. The molecule has 1 amide bonds. The molecule has 0 aliphatic carbocycles. The van der Waals surface area contributed by atoms with Gasteiger partial charge in [-0.3, -0.25) is 10.2 Å². The fourth-order valence-electron chi connectivity index (χ4n) is 1.15. The Morgan fingerprint density at radius 3 is 2.82 bits per heavy atom. The summed E-state index contributed by atoms with van der Waals surface area (Å²) in [6.07, 6.45) is 3.05. The molecule has 88 valence electrons. The molecule has 0 saturated heterocycles. The Hall–Kier alpha value is -2.23. The van der Waals surface area contributed by atoms with Gasteiger partial charge in [-0.15, -0.1) is 0 Å². The molecule has 0 aromatic carbocycles. The van der Waals surface area contributed by atoms with Crippen LogP contribution in [0.15, 0.2) is 42.5 Å². The monoisotopic (exact) mass is 229 g/mol. The highest BCUT2D eigenvalue weighted by molar-refractivity contribution is 6.45. The fraction of sp³-hybridized carbons (Fsp3) is 0.154. The van der Waals surface area contributed by atoms with E-state index in [1.807, 2.05) is 13.0 Å². The summed E-state index contributed by atoms with van der Waals surface area (Å²) in [5.74, 6) is -0.0336. The van der Waals surface area contributed by atoms with Crippen molar-refractivity contribution in [2.75, 3.05) is 5.32 Å². The van der Waals surface area contributed by atoms with Crippen LogP contribution in [0.5, 0.6) is 0 Å². The van der Waals surface area contributed by atoms with E-state index < -0.39 is 5.91 Å². The summed E-state index contributed by atoms with van der Waals surface area (Å²) >= 11 is 0. The number of allylic oxidation sites excluding steroid dienone is 2. The number of hydrogen-bond donors (Lipinski definition) is 2. The number of aromatic nitrogens is 1. The first-order valence-electron chi connectivity index (χ1n) is 5.17. The molecule has 0 bridgehead atoms. The number of amides is 1. The molecule has 1 rings (SSSR count). The minimum atomic E-state index is -0.482. The lowest BCUT2D eigenvalue weighted by atomic mass is 10.2. The van der Waals surface area contributed by atoms with E-state index in [-0.39, 0.29) is 5.71 Å². The topological polar surface area (TPSA) is 65.8 Å². The van der Waals surface area contributed by atoms with Crippen molar-refractivity contribution >= 4 is 17.4 Å². The lowest BCUT2D eigenvalue weighted by molar-refractivity contribution is -0.110. The largest absolute Gasteiger partial charge is 0.305 e. The standard InChI is InChI=1S/C13H15N3O/c1-4-9(2)8-11(14)13(17)16-12-7-5-6-10(3)15-12/h4-8,14H,1H2,2-3H3,(H,15,16,17)/b9-8-,14-11?. The van der Waals surface area contributed by atoms with Crippen LogP contribution in [0, 0.1) is 12.3 Å². The number of hydrogen-bond acceptors (Lipinski definition) is 3. The average Bonchev–Trinajstić information content (AvgIpc) is 2.28. The third-order valence-corrected chi connectivity index (χ3v) is 2.07. The Labute approximate surface area is 101 Å². The molecule has 0 aliphatic rings. The summed E-state index contributed by atoms with van der Waals surface area (Å²) in [7, 11) is 0. The molecule has 0 unspecified atom stereocenters. The van der Waals surface area contributed by atoms with Gasteiger partial charge in [-0.05, 0) is 37.6 Å². The lowest BCUT2D eigenvalue weighted by Crippen LogP contribution is -2.21. The molecular formula is C13H15N3O. The lowest BCUT2D eigenvalue weighted by Gasteiger charge is -2.04. The van der Waals surface area contributed by atoms with Crippen molar-refractivity contribution in [2.45, 2.75) is 13.8 Å². The van der Waals surface area contributed by atoms with Crippen LogP contribution in [0.1, 0.15) is 12.6 Å². The second-order valence-corrected chi connectivity index (χ2v) is 3.62. The van der Waals surface area contributed by atoms with Crippen molar-refractivity contribution in [1.29, 1.82) is 5.41 Å². The third kappa shape index (κ3) is 4.03. The number of nitrogens with zero attached hydrogens (tertiary/aromatic N) is 1. The maximum atomic E-state index is 11.6. The number of aryl methyl sites for hydroxylation is 1. The molecule has 1 aromatic heterocycles. The average molecular weight is 229 g/mol. The number of nitrogens with one attached hydrogen (secondary N) is 2. The zero-order chi connectivity index (χ0) is 12.8. The molecule has 4 nitrogen and oxygen atoms in total. The Morgan fingerprint density at radius 1 is 1.53 bits per heavy atom. The quantitative estimate of drug-likeness (QED) is 0.615. The summed E-state index contributed by atoms with van der Waals surface area (Å²) in [4.78, 5) is 15.7. The molecule has 0 saturated carbocycles. The second kappa shape index (κ2) is 5.75. The van der Waals surface area contributed by atoms with E-state index in [1.54, 1.807) is 25.1 Å².